The van der Waals surface area contributed by atoms with Crippen molar-refractivity contribution in [2.24, 2.45) is 11.8 Å². The van der Waals surface area contributed by atoms with E-state index < -0.39 is 0 Å². The van der Waals surface area contributed by atoms with Crippen LogP contribution < -0.4 is 0 Å². The Morgan fingerprint density at radius 1 is 1.21 bits per heavy atom. The predicted octanol–water partition coefficient (Wildman–Crippen LogP) is 3.28. The summed E-state index contributed by atoms with van der Waals surface area (Å²) in [6.45, 7) is 2.26. The molecule has 80 valence electrons. The van der Waals surface area contributed by atoms with Crippen LogP contribution in [-0.4, -0.2) is 11.2 Å². The van der Waals surface area contributed by atoms with Crippen LogP contribution >= 0.6 is 0 Å². The zero-order chi connectivity index (χ0) is 9.97. The molecule has 0 aromatic heterocycles. The topological polar surface area (TPSA) is 20.2 Å². The van der Waals surface area contributed by atoms with E-state index in [1.165, 1.54) is 38.5 Å². The summed E-state index contributed by atoms with van der Waals surface area (Å²) < 4.78 is 0. The van der Waals surface area contributed by atoms with E-state index in [2.05, 4.69) is 13.0 Å². The van der Waals surface area contributed by atoms with E-state index in [0.717, 1.165) is 12.3 Å². The Balaban J connectivity index is 2.01. The fraction of sp³-hybridized carbons (Fsp3) is 0.846. The molecule has 0 aliphatic heterocycles. The first kappa shape index (κ1) is 10.2. The van der Waals surface area contributed by atoms with Gasteiger partial charge in [0.15, 0.2) is 0 Å². The Morgan fingerprint density at radius 3 is 2.57 bits per heavy atom. The molecule has 2 aliphatic carbocycles. The lowest BCUT2D eigenvalue weighted by atomic mass is 9.76. The summed E-state index contributed by atoms with van der Waals surface area (Å²) in [7, 11) is 0. The quantitative estimate of drug-likeness (QED) is 0.635. The zero-order valence-electron chi connectivity index (χ0n) is 9.21. The van der Waals surface area contributed by atoms with Gasteiger partial charge in [-0.05, 0) is 37.5 Å². The molecule has 0 spiro atoms. The lowest BCUT2D eigenvalue weighted by Crippen LogP contribution is -2.21. The molecule has 0 aromatic rings. The molecule has 1 nitrogen and oxygen atoms in total. The molecule has 1 fully saturated rings. The molecular weight excluding hydrogens is 172 g/mol. The first-order valence-electron chi connectivity index (χ1n) is 6.14. The van der Waals surface area contributed by atoms with Gasteiger partial charge in [0.25, 0.3) is 0 Å². The van der Waals surface area contributed by atoms with Gasteiger partial charge in [-0.3, -0.25) is 0 Å². The van der Waals surface area contributed by atoms with Crippen LogP contribution in [0.1, 0.15) is 51.9 Å². The van der Waals surface area contributed by atoms with Gasteiger partial charge in [0.1, 0.15) is 0 Å². The van der Waals surface area contributed by atoms with E-state index in [4.69, 9.17) is 0 Å². The molecule has 2 unspecified atom stereocenters. The second-order valence-electron chi connectivity index (χ2n) is 5.19. The monoisotopic (exact) mass is 194 g/mol. The van der Waals surface area contributed by atoms with E-state index >= 15 is 0 Å². The van der Waals surface area contributed by atoms with Crippen LogP contribution in [-0.2, 0) is 0 Å². The highest BCUT2D eigenvalue weighted by atomic mass is 16.3. The van der Waals surface area contributed by atoms with Crippen LogP contribution in [0.4, 0.5) is 0 Å². The van der Waals surface area contributed by atoms with Gasteiger partial charge in [0.2, 0.25) is 0 Å². The molecule has 0 bridgehead atoms. The Bertz CT molecular complexity index is 213. The molecule has 0 radical (unpaired) electrons. The summed E-state index contributed by atoms with van der Waals surface area (Å²) >= 11 is 0. The van der Waals surface area contributed by atoms with Gasteiger partial charge < -0.3 is 5.11 Å². The second-order valence-corrected chi connectivity index (χ2v) is 5.19. The van der Waals surface area contributed by atoms with Crippen molar-refractivity contribution in [3.63, 3.8) is 0 Å². The Morgan fingerprint density at radius 2 is 1.93 bits per heavy atom. The first-order chi connectivity index (χ1) is 6.75. The van der Waals surface area contributed by atoms with Crippen molar-refractivity contribution in [3.05, 3.63) is 11.6 Å². The van der Waals surface area contributed by atoms with E-state index in [1.54, 1.807) is 5.57 Å². The summed E-state index contributed by atoms with van der Waals surface area (Å²) in [4.78, 5) is 0. The first-order valence-corrected chi connectivity index (χ1v) is 6.14. The summed E-state index contributed by atoms with van der Waals surface area (Å²) in [6, 6.07) is 0. The van der Waals surface area contributed by atoms with Gasteiger partial charge in [-0.1, -0.05) is 37.8 Å². The number of allylic oxidation sites excluding steroid dienone is 1. The number of hydrogen-bond acceptors (Lipinski definition) is 1. The molecule has 2 atom stereocenters. The highest BCUT2D eigenvalue weighted by Crippen LogP contribution is 2.36. The van der Waals surface area contributed by atoms with Crippen LogP contribution in [0, 0.1) is 11.8 Å². The summed E-state index contributed by atoms with van der Waals surface area (Å²) in [5.41, 5.74) is 1.57. The van der Waals surface area contributed by atoms with Crippen molar-refractivity contribution < 1.29 is 5.11 Å². The highest BCUT2D eigenvalue weighted by Gasteiger charge is 2.24. The van der Waals surface area contributed by atoms with Crippen molar-refractivity contribution in [2.45, 2.75) is 58.0 Å². The van der Waals surface area contributed by atoms with Gasteiger partial charge >= 0.3 is 0 Å². The number of aliphatic hydroxyl groups excluding tert-OH is 1. The molecule has 0 saturated heterocycles. The molecule has 2 rings (SSSR count). The van der Waals surface area contributed by atoms with Crippen LogP contribution in [0.25, 0.3) is 0 Å². The third-order valence-electron chi connectivity index (χ3n) is 3.76. The lowest BCUT2D eigenvalue weighted by molar-refractivity contribution is 0.175. The zero-order valence-corrected chi connectivity index (χ0v) is 9.21. The van der Waals surface area contributed by atoms with Crippen LogP contribution in [0.2, 0.25) is 0 Å². The molecule has 1 heteroatoms. The molecule has 14 heavy (non-hydrogen) atoms. The maximum atomic E-state index is 9.70. The predicted molar refractivity (Wildman–Crippen MR) is 59.1 cm³/mol. The van der Waals surface area contributed by atoms with Crippen LogP contribution in [0.15, 0.2) is 11.6 Å². The van der Waals surface area contributed by atoms with Crippen molar-refractivity contribution in [1.82, 2.24) is 0 Å². The summed E-state index contributed by atoms with van der Waals surface area (Å²) in [5.74, 6) is 1.49. The average molecular weight is 194 g/mol. The summed E-state index contributed by atoms with van der Waals surface area (Å²) in [6.07, 6.45) is 11.1. The standard InChI is InChI=1S/C13H22O/c1-10-7-12(9-13(14)8-10)11-5-3-2-4-6-11/h9-11,13-14H,2-8H2,1H3. The van der Waals surface area contributed by atoms with E-state index in [1.807, 2.05) is 0 Å². The van der Waals surface area contributed by atoms with Gasteiger partial charge in [-0.2, -0.15) is 0 Å². The Hall–Kier alpha value is -0.300. The average Bonchev–Trinajstić information content (AvgIpc) is 2.18. The Kier molecular flexibility index (Phi) is 3.27. The highest BCUT2D eigenvalue weighted by molar-refractivity contribution is 5.14. The van der Waals surface area contributed by atoms with Gasteiger partial charge in [0.05, 0.1) is 6.10 Å². The lowest BCUT2D eigenvalue weighted by Gasteiger charge is -2.30. The third kappa shape index (κ3) is 2.38. The SMILES string of the molecule is CC1CC(C2CCCCC2)=CC(O)C1. The van der Waals surface area contributed by atoms with Crippen LogP contribution in [0.3, 0.4) is 0 Å². The largest absolute Gasteiger partial charge is 0.389 e. The maximum Gasteiger partial charge on any atom is 0.0726 e. The fourth-order valence-electron chi connectivity index (χ4n) is 3.06. The van der Waals surface area contributed by atoms with Crippen LogP contribution in [0.5, 0.6) is 0 Å². The van der Waals surface area contributed by atoms with E-state index in [-0.39, 0.29) is 6.10 Å². The van der Waals surface area contributed by atoms with Crippen molar-refractivity contribution >= 4 is 0 Å². The summed E-state index contributed by atoms with van der Waals surface area (Å²) in [5, 5.41) is 9.70. The Labute approximate surface area is 87.2 Å². The van der Waals surface area contributed by atoms with Gasteiger partial charge in [-0.15, -0.1) is 0 Å². The van der Waals surface area contributed by atoms with Gasteiger partial charge in [0, 0.05) is 0 Å². The smallest absolute Gasteiger partial charge is 0.0726 e. The van der Waals surface area contributed by atoms with Crippen molar-refractivity contribution in [1.29, 1.82) is 0 Å². The molecule has 0 aromatic carbocycles. The normalized spacial score (nSPS) is 35.4. The molecule has 0 heterocycles. The molecular formula is C13H22O. The fourth-order valence-corrected chi connectivity index (χ4v) is 3.06. The second kappa shape index (κ2) is 4.48. The minimum atomic E-state index is -0.157. The minimum absolute atomic E-state index is 0.157. The number of aliphatic hydroxyl groups is 1. The van der Waals surface area contributed by atoms with Crippen molar-refractivity contribution in [2.75, 3.05) is 0 Å². The number of rotatable bonds is 1. The van der Waals surface area contributed by atoms with E-state index in [9.17, 15) is 5.11 Å². The minimum Gasteiger partial charge on any atom is -0.389 e. The van der Waals surface area contributed by atoms with E-state index in [0.29, 0.717) is 5.92 Å². The van der Waals surface area contributed by atoms with Crippen molar-refractivity contribution in [3.8, 4) is 0 Å². The number of hydrogen-bond donors (Lipinski definition) is 1. The molecule has 1 saturated carbocycles. The third-order valence-corrected chi connectivity index (χ3v) is 3.76. The molecule has 1 N–H and O–H groups in total. The maximum absolute atomic E-state index is 9.70. The molecule has 2 aliphatic rings. The molecule has 0 amide bonds. The van der Waals surface area contributed by atoms with Gasteiger partial charge in [-0.25, -0.2) is 0 Å².